The van der Waals surface area contributed by atoms with Gasteiger partial charge in [0.05, 0.1) is 27.8 Å². The first-order valence-corrected chi connectivity index (χ1v) is 17.6. The fourth-order valence-electron chi connectivity index (χ4n) is 8.65. The monoisotopic (exact) mass is 661 g/mol. The zero-order chi connectivity index (χ0) is 33.9. The highest BCUT2D eigenvalue weighted by atomic mass is 15.2. The molecule has 0 atom stereocenters. The lowest BCUT2D eigenvalue weighted by Crippen LogP contribution is -2.05. The van der Waals surface area contributed by atoms with E-state index in [0.29, 0.717) is 5.95 Å². The van der Waals surface area contributed by atoms with Crippen LogP contribution in [0.1, 0.15) is 0 Å². The third kappa shape index (κ3) is 3.64. The smallest absolute Gasteiger partial charge is 0.235 e. The Morgan fingerprint density at radius 1 is 0.385 bits per heavy atom. The Bertz CT molecular complexity index is 3470. The van der Waals surface area contributed by atoms with Crippen molar-refractivity contribution in [2.75, 3.05) is 0 Å². The summed E-state index contributed by atoms with van der Waals surface area (Å²) in [5, 5.41) is 12.6. The predicted octanol–water partition coefficient (Wildman–Crippen LogP) is 11.8. The Morgan fingerprint density at radius 3 is 1.75 bits per heavy atom. The molecule has 5 nitrogen and oxygen atoms in total. The molecule has 4 heterocycles. The summed E-state index contributed by atoms with van der Waals surface area (Å²) in [5.74, 6) is 0.619. The molecule has 0 aliphatic rings. The van der Waals surface area contributed by atoms with Crippen molar-refractivity contribution in [3.63, 3.8) is 0 Å². The molecule has 240 valence electrons. The van der Waals surface area contributed by atoms with Crippen LogP contribution in [0, 0.1) is 0 Å². The van der Waals surface area contributed by atoms with Crippen LogP contribution >= 0.6 is 0 Å². The van der Waals surface area contributed by atoms with Crippen LogP contribution in [0.25, 0.3) is 110 Å². The molecule has 52 heavy (non-hydrogen) atoms. The first kappa shape index (κ1) is 27.7. The minimum absolute atomic E-state index is 0.619. The largest absolute Gasteiger partial charge is 0.297 e. The van der Waals surface area contributed by atoms with E-state index in [4.69, 9.17) is 15.0 Å². The van der Waals surface area contributed by atoms with Crippen molar-refractivity contribution >= 4 is 92.5 Å². The van der Waals surface area contributed by atoms with Crippen LogP contribution in [0.3, 0.4) is 0 Å². The fourth-order valence-corrected chi connectivity index (χ4v) is 8.65. The van der Waals surface area contributed by atoms with Crippen molar-refractivity contribution in [2.24, 2.45) is 0 Å². The maximum atomic E-state index is 5.61. The summed E-state index contributed by atoms with van der Waals surface area (Å²) >= 11 is 0. The van der Waals surface area contributed by atoms with E-state index in [0.717, 1.165) is 82.2 Å². The van der Waals surface area contributed by atoms with Crippen LogP contribution < -0.4 is 0 Å². The molecule has 0 fully saturated rings. The van der Waals surface area contributed by atoms with Gasteiger partial charge in [-0.25, -0.2) is 15.0 Å². The van der Waals surface area contributed by atoms with Crippen molar-refractivity contribution in [1.82, 2.24) is 23.9 Å². The first-order chi connectivity index (χ1) is 25.8. The van der Waals surface area contributed by atoms with Crippen molar-refractivity contribution < 1.29 is 0 Å². The molecular weight excluding hydrogens is 635 g/mol. The second kappa shape index (κ2) is 10.2. The van der Waals surface area contributed by atoms with E-state index in [1.807, 2.05) is 0 Å². The maximum absolute atomic E-state index is 5.61. The van der Waals surface area contributed by atoms with Crippen LogP contribution in [0.15, 0.2) is 164 Å². The fraction of sp³-hybridized carbons (Fsp3) is 0. The van der Waals surface area contributed by atoms with E-state index in [9.17, 15) is 0 Å². The topological polar surface area (TPSA) is 48.0 Å². The van der Waals surface area contributed by atoms with Gasteiger partial charge in [0.2, 0.25) is 5.95 Å². The molecule has 5 heteroatoms. The summed E-state index contributed by atoms with van der Waals surface area (Å²) in [6.07, 6.45) is 2.18. The summed E-state index contributed by atoms with van der Waals surface area (Å²) in [6.45, 7) is 0. The lowest BCUT2D eigenvalue weighted by atomic mass is 9.94. The van der Waals surface area contributed by atoms with Crippen molar-refractivity contribution in [1.29, 1.82) is 0 Å². The Hall–Kier alpha value is -7.11. The summed E-state index contributed by atoms with van der Waals surface area (Å²) in [6, 6.07) is 56.0. The standard InChI is InChI=1S/C47H27N5/c1-2-14-30(15-3-1)41-40-35-20-10-8-18-33(35)34-19-9-11-21-36(34)42(40)50-47(49-41)52-43-31-16-6-4-12-28(31)22-24-37(43)38-26-27-51-44-32-17-7-5-13-29(32)23-25-39(44)48-46(51)45(38)52/h1-27H. The second-order valence-electron chi connectivity index (χ2n) is 13.6. The van der Waals surface area contributed by atoms with Gasteiger partial charge in [0, 0.05) is 44.1 Å². The summed E-state index contributed by atoms with van der Waals surface area (Å²) in [7, 11) is 0. The van der Waals surface area contributed by atoms with E-state index in [-0.39, 0.29) is 0 Å². The number of aromatic nitrogens is 5. The van der Waals surface area contributed by atoms with Crippen molar-refractivity contribution in [3.8, 4) is 17.2 Å². The number of fused-ring (bicyclic) bond motifs is 17. The molecule has 0 N–H and O–H groups in total. The average Bonchev–Trinajstić information content (AvgIpc) is 3.77. The average molecular weight is 662 g/mol. The third-order valence-corrected chi connectivity index (χ3v) is 10.9. The number of imidazole rings is 1. The molecule has 12 rings (SSSR count). The van der Waals surface area contributed by atoms with Gasteiger partial charge in [-0.15, -0.1) is 0 Å². The van der Waals surface area contributed by atoms with E-state index >= 15 is 0 Å². The minimum atomic E-state index is 0.619. The summed E-state index contributed by atoms with van der Waals surface area (Å²) < 4.78 is 4.53. The van der Waals surface area contributed by atoms with E-state index in [2.05, 4.69) is 173 Å². The molecule has 0 radical (unpaired) electrons. The molecule has 12 aromatic rings. The molecule has 0 aliphatic carbocycles. The zero-order valence-corrected chi connectivity index (χ0v) is 27.8. The highest BCUT2D eigenvalue weighted by Crippen LogP contribution is 2.42. The highest BCUT2D eigenvalue weighted by molar-refractivity contribution is 6.27. The molecule has 0 unspecified atom stereocenters. The molecule has 0 aliphatic heterocycles. The van der Waals surface area contributed by atoms with Gasteiger partial charge in [-0.2, -0.15) is 0 Å². The Morgan fingerprint density at radius 2 is 0.981 bits per heavy atom. The SMILES string of the molecule is c1ccc(-c2nc(-n3c4c5ccccc5ccc4c4ccn5c(nc6ccc7ccccc7c65)c43)nc3c4ccccc4c4ccccc4c23)cc1. The van der Waals surface area contributed by atoms with Gasteiger partial charge in [0.1, 0.15) is 5.52 Å². The van der Waals surface area contributed by atoms with Crippen LogP contribution in [0.5, 0.6) is 0 Å². The Balaban J connectivity index is 1.34. The quantitative estimate of drug-likeness (QED) is 0.173. The number of hydrogen-bond donors (Lipinski definition) is 0. The molecule has 0 bridgehead atoms. The van der Waals surface area contributed by atoms with Crippen molar-refractivity contribution in [3.05, 3.63) is 164 Å². The molecule has 8 aromatic carbocycles. The lowest BCUT2D eigenvalue weighted by Gasteiger charge is -2.16. The van der Waals surface area contributed by atoms with Gasteiger partial charge >= 0.3 is 0 Å². The number of hydrogen-bond acceptors (Lipinski definition) is 3. The van der Waals surface area contributed by atoms with Crippen LogP contribution in [-0.4, -0.2) is 23.9 Å². The highest BCUT2D eigenvalue weighted by Gasteiger charge is 2.24. The van der Waals surface area contributed by atoms with Gasteiger partial charge in [0.15, 0.2) is 5.65 Å². The van der Waals surface area contributed by atoms with Crippen LogP contribution in [0.2, 0.25) is 0 Å². The van der Waals surface area contributed by atoms with E-state index < -0.39 is 0 Å². The molecule has 0 saturated carbocycles. The number of nitrogens with zero attached hydrogens (tertiary/aromatic N) is 5. The van der Waals surface area contributed by atoms with Gasteiger partial charge in [-0.1, -0.05) is 146 Å². The zero-order valence-electron chi connectivity index (χ0n) is 27.8. The molecular formula is C47H27N5. The van der Waals surface area contributed by atoms with Gasteiger partial charge < -0.3 is 0 Å². The van der Waals surface area contributed by atoms with Gasteiger partial charge in [0.25, 0.3) is 0 Å². The second-order valence-corrected chi connectivity index (χ2v) is 13.6. The van der Waals surface area contributed by atoms with Crippen molar-refractivity contribution in [2.45, 2.75) is 0 Å². The summed E-state index contributed by atoms with van der Waals surface area (Å²) in [5.41, 5.74) is 7.86. The van der Waals surface area contributed by atoms with Gasteiger partial charge in [-0.05, 0) is 39.1 Å². The number of rotatable bonds is 2. The summed E-state index contributed by atoms with van der Waals surface area (Å²) in [4.78, 5) is 16.6. The van der Waals surface area contributed by atoms with Gasteiger partial charge in [-0.3, -0.25) is 8.97 Å². The number of pyridine rings is 1. The van der Waals surface area contributed by atoms with Crippen LogP contribution in [0.4, 0.5) is 0 Å². The first-order valence-electron chi connectivity index (χ1n) is 17.6. The predicted molar refractivity (Wildman–Crippen MR) is 216 cm³/mol. The third-order valence-electron chi connectivity index (χ3n) is 10.9. The van der Waals surface area contributed by atoms with Crippen LogP contribution in [-0.2, 0) is 0 Å². The molecule has 0 amide bonds. The number of benzene rings is 8. The minimum Gasteiger partial charge on any atom is -0.297 e. The van der Waals surface area contributed by atoms with E-state index in [1.165, 1.54) is 21.5 Å². The Kier molecular flexibility index (Phi) is 5.44. The molecule has 0 spiro atoms. The normalized spacial score (nSPS) is 12.2. The van der Waals surface area contributed by atoms with E-state index in [1.54, 1.807) is 0 Å². The lowest BCUT2D eigenvalue weighted by molar-refractivity contribution is 1.02. The maximum Gasteiger partial charge on any atom is 0.235 e. The molecule has 4 aromatic heterocycles. The Labute approximate surface area is 296 Å². The molecule has 0 saturated heterocycles.